The fourth-order valence-corrected chi connectivity index (χ4v) is 3.10. The van der Waals surface area contributed by atoms with Gasteiger partial charge in [-0.3, -0.25) is 4.79 Å². The van der Waals surface area contributed by atoms with Crippen molar-refractivity contribution in [1.82, 2.24) is 0 Å². The van der Waals surface area contributed by atoms with Crippen LogP contribution < -0.4 is 0 Å². The molecule has 0 spiro atoms. The van der Waals surface area contributed by atoms with Crippen LogP contribution in [0.1, 0.15) is 46.0 Å². The van der Waals surface area contributed by atoms with Crippen LogP contribution in [0.25, 0.3) is 0 Å². The minimum absolute atomic E-state index is 0.162. The summed E-state index contributed by atoms with van der Waals surface area (Å²) in [6, 6.07) is 0. The average Bonchev–Trinajstić information content (AvgIpc) is 2.63. The minimum atomic E-state index is 0.162. The van der Waals surface area contributed by atoms with Crippen LogP contribution in [0, 0.1) is 17.8 Å². The second kappa shape index (κ2) is 4.65. The van der Waals surface area contributed by atoms with Gasteiger partial charge in [-0.15, -0.1) is 0 Å². The van der Waals surface area contributed by atoms with Crippen LogP contribution in [-0.4, -0.2) is 18.5 Å². The number of Topliss-reactive ketones (excluding diaryl/α,β-unsaturated/α-hetero) is 1. The maximum absolute atomic E-state index is 12.3. The van der Waals surface area contributed by atoms with Crippen molar-refractivity contribution in [2.45, 2.75) is 52.1 Å². The zero-order valence-electron chi connectivity index (χ0n) is 9.87. The summed E-state index contributed by atoms with van der Waals surface area (Å²) in [5.41, 5.74) is 0. The van der Waals surface area contributed by atoms with Crippen LogP contribution >= 0.6 is 0 Å². The topological polar surface area (TPSA) is 26.3 Å². The molecule has 4 atom stereocenters. The maximum atomic E-state index is 12.3. The van der Waals surface area contributed by atoms with Gasteiger partial charge in [0, 0.05) is 18.4 Å². The van der Waals surface area contributed by atoms with Crippen molar-refractivity contribution in [3.05, 3.63) is 0 Å². The summed E-state index contributed by atoms with van der Waals surface area (Å²) in [6.45, 7) is 5.09. The quantitative estimate of drug-likeness (QED) is 0.700. The first-order valence-electron chi connectivity index (χ1n) is 6.34. The van der Waals surface area contributed by atoms with E-state index in [1.54, 1.807) is 0 Å². The zero-order valence-corrected chi connectivity index (χ0v) is 9.87. The predicted molar refractivity (Wildman–Crippen MR) is 59.7 cm³/mol. The molecule has 0 radical (unpaired) electrons. The number of hydrogen-bond acceptors (Lipinski definition) is 2. The molecule has 1 aliphatic carbocycles. The Kier molecular flexibility index (Phi) is 3.45. The third-order valence-corrected chi connectivity index (χ3v) is 4.08. The Morgan fingerprint density at radius 1 is 1.20 bits per heavy atom. The van der Waals surface area contributed by atoms with Gasteiger partial charge in [0.1, 0.15) is 5.78 Å². The number of ketones is 1. The number of carbonyl (C=O) groups is 1. The molecule has 2 nitrogen and oxygen atoms in total. The average molecular weight is 210 g/mol. The smallest absolute Gasteiger partial charge is 0.141 e. The van der Waals surface area contributed by atoms with Gasteiger partial charge in [0.05, 0.1) is 6.10 Å². The summed E-state index contributed by atoms with van der Waals surface area (Å²) < 4.78 is 5.48. The van der Waals surface area contributed by atoms with Gasteiger partial charge in [0.25, 0.3) is 0 Å². The fourth-order valence-electron chi connectivity index (χ4n) is 3.10. The van der Waals surface area contributed by atoms with E-state index < -0.39 is 0 Å². The first-order chi connectivity index (χ1) is 7.18. The molecule has 15 heavy (non-hydrogen) atoms. The van der Waals surface area contributed by atoms with E-state index in [1.807, 2.05) is 6.92 Å². The van der Waals surface area contributed by atoms with Crippen LogP contribution in [0.15, 0.2) is 0 Å². The van der Waals surface area contributed by atoms with E-state index in [2.05, 4.69) is 6.92 Å². The molecule has 2 aliphatic rings. The second-order valence-corrected chi connectivity index (χ2v) is 5.34. The van der Waals surface area contributed by atoms with E-state index in [0.717, 1.165) is 31.8 Å². The summed E-state index contributed by atoms with van der Waals surface area (Å²) in [7, 11) is 0. The Hall–Kier alpha value is -0.370. The Balaban J connectivity index is 1.94. The Bertz CT molecular complexity index is 237. The molecule has 86 valence electrons. The lowest BCUT2D eigenvalue weighted by atomic mass is 9.76. The van der Waals surface area contributed by atoms with Gasteiger partial charge in [-0.25, -0.2) is 0 Å². The highest BCUT2D eigenvalue weighted by Crippen LogP contribution is 2.34. The van der Waals surface area contributed by atoms with Gasteiger partial charge in [0.2, 0.25) is 0 Å². The molecular formula is C13H22O2. The van der Waals surface area contributed by atoms with Crippen molar-refractivity contribution in [2.75, 3.05) is 6.61 Å². The molecule has 0 aromatic rings. The van der Waals surface area contributed by atoms with Crippen molar-refractivity contribution in [3.63, 3.8) is 0 Å². The van der Waals surface area contributed by atoms with Crippen LogP contribution in [0.5, 0.6) is 0 Å². The van der Waals surface area contributed by atoms with Gasteiger partial charge in [-0.1, -0.05) is 19.8 Å². The Morgan fingerprint density at radius 3 is 2.60 bits per heavy atom. The molecule has 1 saturated heterocycles. The summed E-state index contributed by atoms with van der Waals surface area (Å²) in [5, 5.41) is 0. The molecular weight excluding hydrogens is 188 g/mol. The first kappa shape index (κ1) is 11.1. The lowest BCUT2D eigenvalue weighted by Gasteiger charge is -2.28. The number of rotatable bonds is 2. The molecule has 0 N–H and O–H groups in total. The minimum Gasteiger partial charge on any atom is -0.378 e. The number of carbonyl (C=O) groups excluding carboxylic acids is 1. The zero-order chi connectivity index (χ0) is 10.8. The molecule has 2 fully saturated rings. The van der Waals surface area contributed by atoms with E-state index in [4.69, 9.17) is 4.74 Å². The highest BCUT2D eigenvalue weighted by atomic mass is 16.5. The van der Waals surface area contributed by atoms with Gasteiger partial charge in [-0.2, -0.15) is 0 Å². The fraction of sp³-hybridized carbons (Fsp3) is 0.923. The van der Waals surface area contributed by atoms with Crippen LogP contribution in [0.2, 0.25) is 0 Å². The molecule has 0 bridgehead atoms. The highest BCUT2D eigenvalue weighted by Gasteiger charge is 2.36. The molecule has 2 heteroatoms. The molecule has 2 rings (SSSR count). The van der Waals surface area contributed by atoms with E-state index in [9.17, 15) is 4.79 Å². The van der Waals surface area contributed by atoms with Crippen LogP contribution in [0.4, 0.5) is 0 Å². The largest absolute Gasteiger partial charge is 0.378 e. The van der Waals surface area contributed by atoms with Crippen molar-refractivity contribution in [1.29, 1.82) is 0 Å². The molecule has 4 unspecified atom stereocenters. The van der Waals surface area contributed by atoms with Crippen molar-refractivity contribution < 1.29 is 9.53 Å². The van der Waals surface area contributed by atoms with Gasteiger partial charge in [0.15, 0.2) is 0 Å². The third-order valence-electron chi connectivity index (χ3n) is 4.08. The SMILES string of the molecule is CC1CCCC(C(=O)C2CCOC2C)C1. The van der Waals surface area contributed by atoms with Gasteiger partial charge < -0.3 is 4.74 Å². The van der Waals surface area contributed by atoms with Crippen molar-refractivity contribution in [3.8, 4) is 0 Å². The normalized spacial score (nSPS) is 41.7. The van der Waals surface area contributed by atoms with E-state index in [1.165, 1.54) is 12.8 Å². The lowest BCUT2D eigenvalue weighted by Crippen LogP contribution is -2.31. The maximum Gasteiger partial charge on any atom is 0.141 e. The van der Waals surface area contributed by atoms with Gasteiger partial charge in [-0.05, 0) is 32.1 Å². The second-order valence-electron chi connectivity index (χ2n) is 5.34. The summed E-state index contributed by atoms with van der Waals surface area (Å²) in [4.78, 5) is 12.3. The first-order valence-corrected chi connectivity index (χ1v) is 6.34. The van der Waals surface area contributed by atoms with E-state index in [-0.39, 0.29) is 12.0 Å². The number of ether oxygens (including phenoxy) is 1. The Labute approximate surface area is 92.4 Å². The van der Waals surface area contributed by atoms with E-state index in [0.29, 0.717) is 11.7 Å². The van der Waals surface area contributed by atoms with E-state index >= 15 is 0 Å². The van der Waals surface area contributed by atoms with Gasteiger partial charge >= 0.3 is 0 Å². The standard InChI is InChI=1S/C13H22O2/c1-9-4-3-5-11(8-9)13(14)12-6-7-15-10(12)2/h9-12H,3-8H2,1-2H3. The monoisotopic (exact) mass is 210 g/mol. The van der Waals surface area contributed by atoms with Crippen LogP contribution in [0.3, 0.4) is 0 Å². The predicted octanol–water partition coefficient (Wildman–Crippen LogP) is 2.81. The Morgan fingerprint density at radius 2 is 2.00 bits per heavy atom. The molecule has 1 aliphatic heterocycles. The summed E-state index contributed by atoms with van der Waals surface area (Å²) >= 11 is 0. The van der Waals surface area contributed by atoms with Crippen LogP contribution in [-0.2, 0) is 9.53 Å². The van der Waals surface area contributed by atoms with Crippen molar-refractivity contribution in [2.24, 2.45) is 17.8 Å². The summed E-state index contributed by atoms with van der Waals surface area (Å²) in [6.07, 6.45) is 5.88. The third kappa shape index (κ3) is 2.41. The van der Waals surface area contributed by atoms with Crippen molar-refractivity contribution >= 4 is 5.78 Å². The molecule has 0 aromatic carbocycles. The number of hydrogen-bond donors (Lipinski definition) is 0. The molecule has 1 saturated carbocycles. The molecule has 0 amide bonds. The molecule has 1 heterocycles. The highest BCUT2D eigenvalue weighted by molar-refractivity contribution is 5.84. The lowest BCUT2D eigenvalue weighted by molar-refractivity contribution is -0.129. The molecule has 0 aromatic heterocycles. The summed E-state index contributed by atoms with van der Waals surface area (Å²) in [5.74, 6) is 1.76.